The highest BCUT2D eigenvalue weighted by atomic mass is 16.5. The summed E-state index contributed by atoms with van der Waals surface area (Å²) in [5.41, 5.74) is 0.564. The van der Waals surface area contributed by atoms with Crippen LogP contribution in [0.2, 0.25) is 0 Å². The SMILES string of the molecule is CNc1ncccc1C(=O)N[C@H]1C[C@H]2CO[C@@H](CCO)CN2C1. The number of nitrogens with zero attached hydrogens (tertiary/aromatic N) is 2. The van der Waals surface area contributed by atoms with Crippen molar-refractivity contribution >= 4 is 11.7 Å². The van der Waals surface area contributed by atoms with Crippen molar-refractivity contribution in [1.29, 1.82) is 0 Å². The van der Waals surface area contributed by atoms with Crippen LogP contribution in [0.25, 0.3) is 0 Å². The van der Waals surface area contributed by atoms with Crippen LogP contribution in [0.15, 0.2) is 18.3 Å². The van der Waals surface area contributed by atoms with Gasteiger partial charge in [0, 0.05) is 45.0 Å². The molecule has 0 saturated carbocycles. The Morgan fingerprint density at radius 3 is 3.17 bits per heavy atom. The average Bonchev–Trinajstić information content (AvgIpc) is 2.96. The Kier molecular flexibility index (Phi) is 5.09. The number of hydrogen-bond donors (Lipinski definition) is 3. The molecule has 0 spiro atoms. The first-order chi connectivity index (χ1) is 11.2. The lowest BCUT2D eigenvalue weighted by atomic mass is 10.1. The molecule has 1 aromatic heterocycles. The van der Waals surface area contributed by atoms with Gasteiger partial charge >= 0.3 is 0 Å². The van der Waals surface area contributed by atoms with Crippen molar-refractivity contribution in [3.63, 3.8) is 0 Å². The summed E-state index contributed by atoms with van der Waals surface area (Å²) >= 11 is 0. The number of aliphatic hydroxyl groups excluding tert-OH is 1. The molecule has 2 aliphatic heterocycles. The molecular weight excluding hydrogens is 296 g/mol. The summed E-state index contributed by atoms with van der Waals surface area (Å²) in [6.45, 7) is 2.48. The molecule has 0 unspecified atom stereocenters. The predicted octanol–water partition coefficient (Wildman–Crippen LogP) is 0.0772. The zero-order valence-corrected chi connectivity index (χ0v) is 13.4. The molecule has 3 N–H and O–H groups in total. The highest BCUT2D eigenvalue weighted by Gasteiger charge is 2.37. The first-order valence-corrected chi connectivity index (χ1v) is 8.11. The first kappa shape index (κ1) is 16.2. The van der Waals surface area contributed by atoms with Crippen LogP contribution in [-0.2, 0) is 4.74 Å². The van der Waals surface area contributed by atoms with Gasteiger partial charge in [0.15, 0.2) is 0 Å². The standard InChI is InChI=1S/C16H24N4O3/c1-17-15-14(3-2-5-18-15)16(22)19-11-7-12-10-23-13(4-6-21)9-20(12)8-11/h2-3,5,11-13,21H,4,6-10H2,1H3,(H,17,18)(H,19,22)/t11-,12-,13-/m0/s1. The molecule has 126 valence electrons. The zero-order chi connectivity index (χ0) is 16.2. The Hall–Kier alpha value is -1.70. The minimum absolute atomic E-state index is 0.0971. The molecule has 2 aliphatic rings. The molecule has 23 heavy (non-hydrogen) atoms. The second-order valence-electron chi connectivity index (χ2n) is 6.13. The normalized spacial score (nSPS) is 27.5. The molecule has 7 nitrogen and oxygen atoms in total. The van der Waals surface area contributed by atoms with Crippen LogP contribution in [-0.4, -0.2) is 72.4 Å². The molecule has 3 atom stereocenters. The van der Waals surface area contributed by atoms with Crippen LogP contribution >= 0.6 is 0 Å². The van der Waals surface area contributed by atoms with E-state index in [1.807, 2.05) is 0 Å². The van der Waals surface area contributed by atoms with Gasteiger partial charge in [0.1, 0.15) is 5.82 Å². The molecule has 1 aromatic rings. The first-order valence-electron chi connectivity index (χ1n) is 8.11. The highest BCUT2D eigenvalue weighted by molar-refractivity contribution is 5.98. The van der Waals surface area contributed by atoms with Gasteiger partial charge in [-0.1, -0.05) is 0 Å². The lowest BCUT2D eigenvalue weighted by molar-refractivity contribution is -0.0566. The fraction of sp³-hybridized carbons (Fsp3) is 0.625. The molecule has 2 saturated heterocycles. The number of nitrogens with one attached hydrogen (secondary N) is 2. The van der Waals surface area contributed by atoms with E-state index < -0.39 is 0 Å². The minimum atomic E-state index is -0.0971. The van der Waals surface area contributed by atoms with E-state index in [1.54, 1.807) is 25.4 Å². The fourth-order valence-corrected chi connectivity index (χ4v) is 3.42. The van der Waals surface area contributed by atoms with Gasteiger partial charge in [-0.2, -0.15) is 0 Å². The summed E-state index contributed by atoms with van der Waals surface area (Å²) in [6.07, 6.45) is 3.32. The molecule has 7 heteroatoms. The van der Waals surface area contributed by atoms with Gasteiger partial charge in [0.2, 0.25) is 0 Å². The number of fused-ring (bicyclic) bond motifs is 1. The second kappa shape index (κ2) is 7.25. The molecular formula is C16H24N4O3. The Labute approximate surface area is 136 Å². The van der Waals surface area contributed by atoms with Crippen LogP contribution in [0.5, 0.6) is 0 Å². The molecule has 2 fully saturated rings. The number of aromatic nitrogens is 1. The quantitative estimate of drug-likeness (QED) is 0.712. The van der Waals surface area contributed by atoms with Crippen LogP contribution in [0.3, 0.4) is 0 Å². The summed E-state index contributed by atoms with van der Waals surface area (Å²) in [7, 11) is 1.76. The van der Waals surface area contributed by atoms with E-state index in [0.29, 0.717) is 30.5 Å². The summed E-state index contributed by atoms with van der Waals surface area (Å²) in [6, 6.07) is 4.01. The number of carbonyl (C=O) groups is 1. The van der Waals surface area contributed by atoms with E-state index in [0.717, 1.165) is 19.5 Å². The molecule has 0 bridgehead atoms. The third-order valence-electron chi connectivity index (χ3n) is 4.57. The number of amides is 1. The van der Waals surface area contributed by atoms with Crippen molar-refractivity contribution in [3.8, 4) is 0 Å². The van der Waals surface area contributed by atoms with Gasteiger partial charge in [-0.3, -0.25) is 9.69 Å². The summed E-state index contributed by atoms with van der Waals surface area (Å²) < 4.78 is 5.77. The van der Waals surface area contributed by atoms with E-state index in [4.69, 9.17) is 9.84 Å². The van der Waals surface area contributed by atoms with E-state index in [9.17, 15) is 4.79 Å². The third kappa shape index (κ3) is 3.63. The van der Waals surface area contributed by atoms with Crippen molar-refractivity contribution in [3.05, 3.63) is 23.9 Å². The lowest BCUT2D eigenvalue weighted by Crippen LogP contribution is -2.46. The molecule has 0 aliphatic carbocycles. The lowest BCUT2D eigenvalue weighted by Gasteiger charge is -2.34. The monoisotopic (exact) mass is 320 g/mol. The topological polar surface area (TPSA) is 86.7 Å². The molecule has 0 aromatic carbocycles. The maximum atomic E-state index is 12.5. The number of pyridine rings is 1. The maximum Gasteiger partial charge on any atom is 0.255 e. The Balaban J connectivity index is 1.58. The number of anilines is 1. The Morgan fingerprint density at radius 1 is 1.52 bits per heavy atom. The van der Waals surface area contributed by atoms with Crippen molar-refractivity contribution < 1.29 is 14.6 Å². The van der Waals surface area contributed by atoms with Gasteiger partial charge in [-0.15, -0.1) is 0 Å². The largest absolute Gasteiger partial charge is 0.396 e. The van der Waals surface area contributed by atoms with E-state index in [1.165, 1.54) is 0 Å². The van der Waals surface area contributed by atoms with E-state index in [2.05, 4.69) is 20.5 Å². The molecule has 0 radical (unpaired) electrons. The second-order valence-corrected chi connectivity index (χ2v) is 6.13. The number of hydrogen-bond acceptors (Lipinski definition) is 6. The maximum absolute atomic E-state index is 12.5. The molecule has 1 amide bonds. The zero-order valence-electron chi connectivity index (χ0n) is 13.4. The average molecular weight is 320 g/mol. The minimum Gasteiger partial charge on any atom is -0.396 e. The highest BCUT2D eigenvalue weighted by Crippen LogP contribution is 2.24. The molecule has 3 rings (SSSR count). The predicted molar refractivity (Wildman–Crippen MR) is 86.5 cm³/mol. The van der Waals surface area contributed by atoms with Crippen LogP contribution < -0.4 is 10.6 Å². The molecule has 3 heterocycles. The van der Waals surface area contributed by atoms with Crippen LogP contribution in [0, 0.1) is 0 Å². The summed E-state index contributed by atoms with van der Waals surface area (Å²) in [5.74, 6) is 0.493. The number of aliphatic hydroxyl groups is 1. The van der Waals surface area contributed by atoms with Gasteiger partial charge in [-0.05, 0) is 25.0 Å². The van der Waals surface area contributed by atoms with Gasteiger partial charge < -0.3 is 20.5 Å². The third-order valence-corrected chi connectivity index (χ3v) is 4.57. The van der Waals surface area contributed by atoms with Crippen molar-refractivity contribution in [2.45, 2.75) is 31.0 Å². The van der Waals surface area contributed by atoms with Crippen molar-refractivity contribution in [2.24, 2.45) is 0 Å². The number of rotatable bonds is 5. The fourth-order valence-electron chi connectivity index (χ4n) is 3.42. The smallest absolute Gasteiger partial charge is 0.255 e. The Morgan fingerprint density at radius 2 is 2.39 bits per heavy atom. The Bertz CT molecular complexity index is 554. The van der Waals surface area contributed by atoms with E-state index >= 15 is 0 Å². The van der Waals surface area contributed by atoms with Crippen LogP contribution in [0.4, 0.5) is 5.82 Å². The number of carbonyl (C=O) groups excluding carboxylic acids is 1. The van der Waals surface area contributed by atoms with Gasteiger partial charge in [-0.25, -0.2) is 4.98 Å². The van der Waals surface area contributed by atoms with Gasteiger partial charge in [0.05, 0.1) is 18.3 Å². The number of morpholine rings is 1. The van der Waals surface area contributed by atoms with Crippen LogP contribution in [0.1, 0.15) is 23.2 Å². The van der Waals surface area contributed by atoms with Crippen molar-refractivity contribution in [2.75, 3.05) is 38.7 Å². The summed E-state index contributed by atoms with van der Waals surface area (Å²) in [4.78, 5) is 19.0. The van der Waals surface area contributed by atoms with Gasteiger partial charge in [0.25, 0.3) is 5.91 Å². The summed E-state index contributed by atoms with van der Waals surface area (Å²) in [5, 5.41) is 15.1. The number of ether oxygens (including phenoxy) is 1. The van der Waals surface area contributed by atoms with E-state index in [-0.39, 0.29) is 24.7 Å². The van der Waals surface area contributed by atoms with Crippen molar-refractivity contribution in [1.82, 2.24) is 15.2 Å².